The highest BCUT2D eigenvalue weighted by molar-refractivity contribution is 14.1. The van der Waals surface area contributed by atoms with E-state index in [2.05, 4.69) is 43.8 Å². The average molecular weight is 397 g/mol. The monoisotopic (exact) mass is 396 g/mol. The van der Waals surface area contributed by atoms with Gasteiger partial charge in [0.2, 0.25) is 0 Å². The van der Waals surface area contributed by atoms with Gasteiger partial charge in [-0.25, -0.2) is 0 Å². The SMILES string of the molecule is CC(C)(N)CNC(=O)c1cc(I)ccc1Br. The molecule has 0 fully saturated rings. The zero-order valence-corrected chi connectivity index (χ0v) is 12.9. The number of rotatable bonds is 3. The second-order valence-electron chi connectivity index (χ2n) is 4.30. The van der Waals surface area contributed by atoms with E-state index in [1.807, 2.05) is 32.0 Å². The summed E-state index contributed by atoms with van der Waals surface area (Å²) in [7, 11) is 0. The second-order valence-corrected chi connectivity index (χ2v) is 6.40. The fourth-order valence-corrected chi connectivity index (χ4v) is 1.99. The van der Waals surface area contributed by atoms with Crippen molar-refractivity contribution in [2.24, 2.45) is 5.73 Å². The van der Waals surface area contributed by atoms with Crippen LogP contribution in [0.3, 0.4) is 0 Å². The molecular formula is C11H14BrIN2O. The summed E-state index contributed by atoms with van der Waals surface area (Å²) in [6.45, 7) is 4.19. The lowest BCUT2D eigenvalue weighted by atomic mass is 10.1. The van der Waals surface area contributed by atoms with Gasteiger partial charge in [0.1, 0.15) is 0 Å². The molecule has 0 saturated carbocycles. The van der Waals surface area contributed by atoms with Gasteiger partial charge in [0, 0.05) is 20.1 Å². The van der Waals surface area contributed by atoms with Gasteiger partial charge >= 0.3 is 0 Å². The Morgan fingerprint density at radius 3 is 2.75 bits per heavy atom. The van der Waals surface area contributed by atoms with E-state index in [1.54, 1.807) is 0 Å². The lowest BCUT2D eigenvalue weighted by Crippen LogP contribution is -2.45. The Morgan fingerprint density at radius 2 is 2.19 bits per heavy atom. The maximum absolute atomic E-state index is 11.9. The molecule has 3 N–H and O–H groups in total. The summed E-state index contributed by atoms with van der Waals surface area (Å²) < 4.78 is 1.82. The smallest absolute Gasteiger partial charge is 0.252 e. The quantitative estimate of drug-likeness (QED) is 0.771. The molecule has 1 aromatic rings. The first-order valence-electron chi connectivity index (χ1n) is 4.82. The normalized spacial score (nSPS) is 11.3. The van der Waals surface area contributed by atoms with Crippen LogP contribution in [0.2, 0.25) is 0 Å². The summed E-state index contributed by atoms with van der Waals surface area (Å²) in [5, 5.41) is 2.81. The molecule has 0 aromatic heterocycles. The molecule has 0 unspecified atom stereocenters. The van der Waals surface area contributed by atoms with E-state index in [0.29, 0.717) is 12.1 Å². The molecule has 0 saturated heterocycles. The molecule has 0 aliphatic rings. The molecule has 0 radical (unpaired) electrons. The van der Waals surface area contributed by atoms with Gasteiger partial charge in [-0.1, -0.05) is 0 Å². The van der Waals surface area contributed by atoms with E-state index < -0.39 is 5.54 Å². The maximum Gasteiger partial charge on any atom is 0.252 e. The number of nitrogens with one attached hydrogen (secondary N) is 1. The third-order valence-electron chi connectivity index (χ3n) is 1.88. The first kappa shape index (κ1) is 13.9. The summed E-state index contributed by atoms with van der Waals surface area (Å²) in [5.41, 5.74) is 6.04. The van der Waals surface area contributed by atoms with Crippen LogP contribution in [-0.2, 0) is 0 Å². The first-order chi connectivity index (χ1) is 7.29. The van der Waals surface area contributed by atoms with E-state index >= 15 is 0 Å². The molecule has 0 aliphatic heterocycles. The Bertz CT molecular complexity index is 401. The lowest BCUT2D eigenvalue weighted by Gasteiger charge is -2.19. The Balaban J connectivity index is 2.77. The van der Waals surface area contributed by atoms with Crippen LogP contribution < -0.4 is 11.1 Å². The van der Waals surface area contributed by atoms with E-state index in [-0.39, 0.29) is 5.91 Å². The number of hydrogen-bond donors (Lipinski definition) is 2. The van der Waals surface area contributed by atoms with Gasteiger partial charge in [-0.2, -0.15) is 0 Å². The van der Waals surface area contributed by atoms with Crippen molar-refractivity contribution in [1.29, 1.82) is 0 Å². The summed E-state index contributed by atoms with van der Waals surface area (Å²) in [5.74, 6) is -0.107. The molecule has 1 amide bonds. The van der Waals surface area contributed by atoms with Crippen molar-refractivity contribution < 1.29 is 4.79 Å². The number of nitrogens with two attached hydrogens (primary N) is 1. The van der Waals surface area contributed by atoms with Gasteiger partial charge in [0.05, 0.1) is 5.56 Å². The van der Waals surface area contributed by atoms with Crippen LogP contribution in [0.4, 0.5) is 0 Å². The van der Waals surface area contributed by atoms with Crippen LogP contribution >= 0.6 is 38.5 Å². The number of hydrogen-bond acceptors (Lipinski definition) is 2. The highest BCUT2D eigenvalue weighted by Crippen LogP contribution is 2.19. The predicted octanol–water partition coefficient (Wildman–Crippen LogP) is 2.52. The van der Waals surface area contributed by atoms with Gasteiger partial charge in [-0.15, -0.1) is 0 Å². The van der Waals surface area contributed by atoms with E-state index in [0.717, 1.165) is 8.04 Å². The first-order valence-corrected chi connectivity index (χ1v) is 6.69. The molecule has 16 heavy (non-hydrogen) atoms. The number of benzene rings is 1. The highest BCUT2D eigenvalue weighted by atomic mass is 127. The van der Waals surface area contributed by atoms with Crippen LogP contribution in [0.15, 0.2) is 22.7 Å². The summed E-state index contributed by atoms with van der Waals surface area (Å²) in [4.78, 5) is 11.9. The third-order valence-corrected chi connectivity index (χ3v) is 3.24. The molecule has 1 aromatic carbocycles. The number of carbonyl (C=O) groups excluding carboxylic acids is 1. The minimum Gasteiger partial charge on any atom is -0.350 e. The van der Waals surface area contributed by atoms with Crippen molar-refractivity contribution in [1.82, 2.24) is 5.32 Å². The molecule has 0 bridgehead atoms. The Hall–Kier alpha value is -0.140. The van der Waals surface area contributed by atoms with Gasteiger partial charge < -0.3 is 11.1 Å². The summed E-state index contributed by atoms with van der Waals surface area (Å²) in [6, 6.07) is 5.64. The van der Waals surface area contributed by atoms with Crippen LogP contribution in [0.5, 0.6) is 0 Å². The van der Waals surface area contributed by atoms with E-state index in [9.17, 15) is 4.79 Å². The molecule has 3 nitrogen and oxygen atoms in total. The zero-order chi connectivity index (χ0) is 12.3. The van der Waals surface area contributed by atoms with Crippen molar-refractivity contribution in [2.75, 3.05) is 6.54 Å². The zero-order valence-electron chi connectivity index (χ0n) is 9.18. The molecule has 88 valence electrons. The molecule has 0 heterocycles. The van der Waals surface area contributed by atoms with Gasteiger partial charge in [-0.05, 0) is 70.6 Å². The fraction of sp³-hybridized carbons (Fsp3) is 0.364. The predicted molar refractivity (Wildman–Crippen MR) is 77.5 cm³/mol. The number of halogens is 2. The van der Waals surface area contributed by atoms with Crippen molar-refractivity contribution in [2.45, 2.75) is 19.4 Å². The Labute approximate surface area is 117 Å². The molecule has 1 rings (SSSR count). The van der Waals surface area contributed by atoms with Crippen LogP contribution in [0, 0.1) is 3.57 Å². The largest absolute Gasteiger partial charge is 0.350 e. The van der Waals surface area contributed by atoms with Gasteiger partial charge in [0.15, 0.2) is 0 Å². The maximum atomic E-state index is 11.9. The van der Waals surface area contributed by atoms with Gasteiger partial charge in [0.25, 0.3) is 5.91 Å². The number of amides is 1. The Kier molecular flexibility index (Phi) is 4.75. The molecule has 0 spiro atoms. The second kappa shape index (κ2) is 5.46. The summed E-state index contributed by atoms with van der Waals surface area (Å²) >= 11 is 5.53. The fourth-order valence-electron chi connectivity index (χ4n) is 1.07. The van der Waals surface area contributed by atoms with E-state index in [4.69, 9.17) is 5.73 Å². The molecule has 0 aliphatic carbocycles. The minimum absolute atomic E-state index is 0.107. The molecule has 0 atom stereocenters. The topological polar surface area (TPSA) is 55.1 Å². The standard InChI is InChI=1S/C11H14BrIN2O/c1-11(2,14)6-15-10(16)8-5-7(13)3-4-9(8)12/h3-5H,6,14H2,1-2H3,(H,15,16). The Morgan fingerprint density at radius 1 is 1.56 bits per heavy atom. The average Bonchev–Trinajstić information content (AvgIpc) is 2.17. The van der Waals surface area contributed by atoms with Crippen LogP contribution in [0.1, 0.15) is 24.2 Å². The number of carbonyl (C=O) groups is 1. The molecule has 5 heteroatoms. The third kappa shape index (κ3) is 4.39. The highest BCUT2D eigenvalue weighted by Gasteiger charge is 2.15. The van der Waals surface area contributed by atoms with Crippen LogP contribution in [-0.4, -0.2) is 18.0 Å². The van der Waals surface area contributed by atoms with Crippen molar-refractivity contribution >= 4 is 44.4 Å². The molecular weight excluding hydrogens is 383 g/mol. The lowest BCUT2D eigenvalue weighted by molar-refractivity contribution is 0.0945. The minimum atomic E-state index is -0.399. The van der Waals surface area contributed by atoms with Crippen molar-refractivity contribution in [3.8, 4) is 0 Å². The van der Waals surface area contributed by atoms with Crippen molar-refractivity contribution in [3.63, 3.8) is 0 Å². The van der Waals surface area contributed by atoms with E-state index in [1.165, 1.54) is 0 Å². The van der Waals surface area contributed by atoms with Crippen LogP contribution in [0.25, 0.3) is 0 Å². The summed E-state index contributed by atoms with van der Waals surface area (Å²) in [6.07, 6.45) is 0. The van der Waals surface area contributed by atoms with Gasteiger partial charge in [-0.3, -0.25) is 4.79 Å². The van der Waals surface area contributed by atoms with Crippen molar-refractivity contribution in [3.05, 3.63) is 31.8 Å².